The van der Waals surface area contributed by atoms with E-state index in [1.807, 2.05) is 55.5 Å². The standard InChI is InChI=1S/C24H25NO2/c1-18-17-19(11-16-23(18)27-2)7-6-10-24(26)25-22-14-12-21(13-15-22)20-8-4-3-5-9-20/h3-5,8-9,11-17H,6-7,10H2,1-2H3,(H,25,26). The molecule has 0 unspecified atom stereocenters. The van der Waals surface area contributed by atoms with E-state index in [1.54, 1.807) is 7.11 Å². The fourth-order valence-electron chi connectivity index (χ4n) is 3.15. The molecule has 1 amide bonds. The van der Waals surface area contributed by atoms with Gasteiger partial charge in [0.05, 0.1) is 7.11 Å². The van der Waals surface area contributed by atoms with Crippen molar-refractivity contribution in [3.8, 4) is 16.9 Å². The van der Waals surface area contributed by atoms with Crippen LogP contribution in [0.3, 0.4) is 0 Å². The Bertz CT molecular complexity index is 886. The summed E-state index contributed by atoms with van der Waals surface area (Å²) in [5.74, 6) is 0.947. The molecule has 0 spiro atoms. The minimum atomic E-state index is 0.0488. The molecule has 1 N–H and O–H groups in total. The van der Waals surface area contributed by atoms with Crippen LogP contribution in [0.15, 0.2) is 72.8 Å². The van der Waals surface area contributed by atoms with Gasteiger partial charge in [0.1, 0.15) is 5.75 Å². The van der Waals surface area contributed by atoms with Crippen molar-refractivity contribution in [2.75, 3.05) is 12.4 Å². The topological polar surface area (TPSA) is 38.3 Å². The van der Waals surface area contributed by atoms with Gasteiger partial charge in [-0.25, -0.2) is 0 Å². The lowest BCUT2D eigenvalue weighted by Crippen LogP contribution is -2.11. The molecule has 3 aromatic carbocycles. The number of nitrogens with one attached hydrogen (secondary N) is 1. The van der Waals surface area contributed by atoms with Crippen LogP contribution in [0.4, 0.5) is 5.69 Å². The number of amides is 1. The predicted molar refractivity (Wildman–Crippen MR) is 111 cm³/mol. The average molecular weight is 359 g/mol. The number of carbonyl (C=O) groups excluding carboxylic acids is 1. The molecule has 0 atom stereocenters. The quantitative estimate of drug-likeness (QED) is 0.593. The molecule has 0 saturated heterocycles. The van der Waals surface area contributed by atoms with E-state index in [4.69, 9.17) is 4.74 Å². The van der Waals surface area contributed by atoms with Crippen LogP contribution in [0.2, 0.25) is 0 Å². The third-order valence-electron chi connectivity index (χ3n) is 4.60. The summed E-state index contributed by atoms with van der Waals surface area (Å²) in [5.41, 5.74) is 5.50. The highest BCUT2D eigenvalue weighted by molar-refractivity contribution is 5.91. The van der Waals surface area contributed by atoms with Gasteiger partial charge in [0.15, 0.2) is 0 Å². The van der Waals surface area contributed by atoms with Crippen molar-refractivity contribution in [2.45, 2.75) is 26.2 Å². The van der Waals surface area contributed by atoms with E-state index in [-0.39, 0.29) is 5.91 Å². The van der Waals surface area contributed by atoms with Crippen LogP contribution in [-0.2, 0) is 11.2 Å². The Hall–Kier alpha value is -3.07. The van der Waals surface area contributed by atoms with E-state index >= 15 is 0 Å². The summed E-state index contributed by atoms with van der Waals surface area (Å²) in [6, 6.07) is 24.3. The maximum atomic E-state index is 12.2. The van der Waals surface area contributed by atoms with E-state index in [0.717, 1.165) is 35.4 Å². The van der Waals surface area contributed by atoms with Gasteiger partial charge in [0, 0.05) is 12.1 Å². The van der Waals surface area contributed by atoms with Gasteiger partial charge in [-0.15, -0.1) is 0 Å². The summed E-state index contributed by atoms with van der Waals surface area (Å²) in [6.45, 7) is 2.04. The molecule has 3 aromatic rings. The molecule has 3 rings (SSSR count). The average Bonchev–Trinajstić information content (AvgIpc) is 2.69. The Morgan fingerprint density at radius 3 is 2.30 bits per heavy atom. The predicted octanol–water partition coefficient (Wildman–Crippen LogP) is 5.63. The van der Waals surface area contributed by atoms with Crippen LogP contribution in [-0.4, -0.2) is 13.0 Å². The number of anilines is 1. The molecule has 3 heteroatoms. The molecule has 0 bridgehead atoms. The maximum absolute atomic E-state index is 12.2. The van der Waals surface area contributed by atoms with Crippen LogP contribution in [0.1, 0.15) is 24.0 Å². The monoisotopic (exact) mass is 359 g/mol. The molecular weight excluding hydrogens is 334 g/mol. The second-order valence-corrected chi connectivity index (χ2v) is 6.65. The molecule has 138 valence electrons. The van der Waals surface area contributed by atoms with E-state index in [0.29, 0.717) is 6.42 Å². The molecule has 0 aromatic heterocycles. The van der Waals surface area contributed by atoms with E-state index in [1.165, 1.54) is 11.1 Å². The first-order chi connectivity index (χ1) is 13.2. The molecule has 3 nitrogen and oxygen atoms in total. The van der Waals surface area contributed by atoms with Crippen molar-refractivity contribution in [3.63, 3.8) is 0 Å². The van der Waals surface area contributed by atoms with Crippen molar-refractivity contribution in [3.05, 3.63) is 83.9 Å². The number of hydrogen-bond donors (Lipinski definition) is 1. The van der Waals surface area contributed by atoms with Crippen LogP contribution in [0.5, 0.6) is 5.75 Å². The fraction of sp³-hybridized carbons (Fsp3) is 0.208. The Morgan fingerprint density at radius 2 is 1.63 bits per heavy atom. The van der Waals surface area contributed by atoms with Gasteiger partial charge in [-0.1, -0.05) is 54.6 Å². The number of methoxy groups -OCH3 is 1. The van der Waals surface area contributed by atoms with E-state index in [2.05, 4.69) is 29.6 Å². The van der Waals surface area contributed by atoms with Crippen LogP contribution in [0, 0.1) is 6.92 Å². The van der Waals surface area contributed by atoms with Gasteiger partial charge >= 0.3 is 0 Å². The number of hydrogen-bond acceptors (Lipinski definition) is 2. The maximum Gasteiger partial charge on any atom is 0.224 e. The zero-order valence-electron chi connectivity index (χ0n) is 15.9. The smallest absolute Gasteiger partial charge is 0.224 e. The van der Waals surface area contributed by atoms with Crippen LogP contribution in [0.25, 0.3) is 11.1 Å². The summed E-state index contributed by atoms with van der Waals surface area (Å²) in [4.78, 5) is 12.2. The number of carbonyl (C=O) groups is 1. The minimum Gasteiger partial charge on any atom is -0.496 e. The second kappa shape index (κ2) is 9.04. The van der Waals surface area contributed by atoms with E-state index in [9.17, 15) is 4.79 Å². The molecular formula is C24H25NO2. The Kier molecular flexibility index (Phi) is 6.26. The first-order valence-corrected chi connectivity index (χ1v) is 9.24. The Balaban J connectivity index is 1.48. The summed E-state index contributed by atoms with van der Waals surface area (Å²) < 4.78 is 5.28. The SMILES string of the molecule is COc1ccc(CCCC(=O)Nc2ccc(-c3ccccc3)cc2)cc1C. The van der Waals surface area contributed by atoms with E-state index < -0.39 is 0 Å². The van der Waals surface area contributed by atoms with Crippen molar-refractivity contribution in [2.24, 2.45) is 0 Å². The summed E-state index contributed by atoms with van der Waals surface area (Å²) in [7, 11) is 1.68. The molecule has 0 aliphatic carbocycles. The molecule has 0 fully saturated rings. The minimum absolute atomic E-state index is 0.0488. The van der Waals surface area contributed by atoms with Gasteiger partial charge in [-0.05, 0) is 60.2 Å². The lowest BCUT2D eigenvalue weighted by atomic mass is 10.0. The molecule has 0 heterocycles. The molecule has 27 heavy (non-hydrogen) atoms. The van der Waals surface area contributed by atoms with Crippen molar-refractivity contribution in [1.82, 2.24) is 0 Å². The van der Waals surface area contributed by atoms with Gasteiger partial charge < -0.3 is 10.1 Å². The van der Waals surface area contributed by atoms with Gasteiger partial charge in [-0.2, -0.15) is 0 Å². The summed E-state index contributed by atoms with van der Waals surface area (Å²) in [6.07, 6.45) is 2.20. The molecule has 0 saturated carbocycles. The molecule has 0 radical (unpaired) electrons. The lowest BCUT2D eigenvalue weighted by Gasteiger charge is -2.08. The zero-order valence-corrected chi connectivity index (χ0v) is 15.9. The lowest BCUT2D eigenvalue weighted by molar-refractivity contribution is -0.116. The largest absolute Gasteiger partial charge is 0.496 e. The summed E-state index contributed by atoms with van der Waals surface area (Å²) >= 11 is 0. The van der Waals surface area contributed by atoms with Gasteiger partial charge in [-0.3, -0.25) is 4.79 Å². The van der Waals surface area contributed by atoms with Crippen molar-refractivity contribution >= 4 is 11.6 Å². The number of benzene rings is 3. The normalized spacial score (nSPS) is 10.4. The third-order valence-corrected chi connectivity index (χ3v) is 4.60. The van der Waals surface area contributed by atoms with Crippen molar-refractivity contribution in [1.29, 1.82) is 0 Å². The van der Waals surface area contributed by atoms with Crippen LogP contribution < -0.4 is 10.1 Å². The molecule has 0 aliphatic heterocycles. The third kappa shape index (κ3) is 5.20. The van der Waals surface area contributed by atoms with Gasteiger partial charge in [0.25, 0.3) is 0 Å². The Labute approximate surface area is 161 Å². The number of rotatable bonds is 7. The highest BCUT2D eigenvalue weighted by Crippen LogP contribution is 2.22. The van der Waals surface area contributed by atoms with Gasteiger partial charge in [0.2, 0.25) is 5.91 Å². The first kappa shape index (κ1) is 18.7. The van der Waals surface area contributed by atoms with Crippen molar-refractivity contribution < 1.29 is 9.53 Å². The second-order valence-electron chi connectivity index (χ2n) is 6.65. The zero-order chi connectivity index (χ0) is 19.1. The number of ether oxygens (including phenoxy) is 1. The molecule has 0 aliphatic rings. The Morgan fingerprint density at radius 1 is 0.926 bits per heavy atom. The highest BCUT2D eigenvalue weighted by atomic mass is 16.5. The fourth-order valence-corrected chi connectivity index (χ4v) is 3.15. The summed E-state index contributed by atoms with van der Waals surface area (Å²) in [5, 5.41) is 2.98. The number of aryl methyl sites for hydroxylation is 2. The first-order valence-electron chi connectivity index (χ1n) is 9.24. The highest BCUT2D eigenvalue weighted by Gasteiger charge is 2.05. The van der Waals surface area contributed by atoms with Crippen LogP contribution >= 0.6 is 0 Å².